The van der Waals surface area contributed by atoms with Crippen molar-refractivity contribution < 1.29 is 9.59 Å². The molecule has 80 valence electrons. The van der Waals surface area contributed by atoms with Crippen molar-refractivity contribution in [1.82, 2.24) is 4.90 Å². The van der Waals surface area contributed by atoms with Crippen molar-refractivity contribution >= 4 is 11.8 Å². The van der Waals surface area contributed by atoms with Gasteiger partial charge in [0.15, 0.2) is 0 Å². The molecular formula is C11H19NO2. The molecule has 0 aromatic heterocycles. The van der Waals surface area contributed by atoms with Crippen LogP contribution in [-0.4, -0.2) is 22.3 Å². The van der Waals surface area contributed by atoms with E-state index in [1.54, 1.807) is 0 Å². The zero-order valence-corrected chi connectivity index (χ0v) is 9.30. The molecule has 2 amide bonds. The summed E-state index contributed by atoms with van der Waals surface area (Å²) in [5, 5.41) is 0. The van der Waals surface area contributed by atoms with Gasteiger partial charge in [-0.25, -0.2) is 0 Å². The lowest BCUT2D eigenvalue weighted by molar-refractivity contribution is -0.145. The maximum Gasteiger partial charge on any atom is 0.230 e. The van der Waals surface area contributed by atoms with Gasteiger partial charge in [-0.15, -0.1) is 0 Å². The van der Waals surface area contributed by atoms with Crippen molar-refractivity contribution in [1.29, 1.82) is 0 Å². The minimum absolute atomic E-state index is 0.00722. The van der Waals surface area contributed by atoms with Crippen molar-refractivity contribution in [2.45, 2.75) is 58.4 Å². The van der Waals surface area contributed by atoms with Crippen molar-refractivity contribution in [3.8, 4) is 0 Å². The summed E-state index contributed by atoms with van der Waals surface area (Å²) >= 11 is 0. The summed E-state index contributed by atoms with van der Waals surface area (Å²) in [7, 11) is 0. The van der Waals surface area contributed by atoms with E-state index in [-0.39, 0.29) is 17.4 Å². The number of hydrogen-bond acceptors (Lipinski definition) is 2. The van der Waals surface area contributed by atoms with Crippen LogP contribution in [0.15, 0.2) is 0 Å². The molecule has 1 rings (SSSR count). The molecule has 0 bridgehead atoms. The van der Waals surface area contributed by atoms with E-state index in [1.807, 2.05) is 13.8 Å². The molecule has 1 aliphatic heterocycles. The molecule has 1 heterocycles. The van der Waals surface area contributed by atoms with E-state index in [0.717, 1.165) is 19.3 Å². The van der Waals surface area contributed by atoms with Gasteiger partial charge in [-0.2, -0.15) is 0 Å². The van der Waals surface area contributed by atoms with Gasteiger partial charge in [0, 0.05) is 18.4 Å². The van der Waals surface area contributed by atoms with Gasteiger partial charge in [0.05, 0.1) is 0 Å². The van der Waals surface area contributed by atoms with Crippen molar-refractivity contribution in [3.63, 3.8) is 0 Å². The van der Waals surface area contributed by atoms with Gasteiger partial charge < -0.3 is 0 Å². The molecule has 1 aliphatic rings. The summed E-state index contributed by atoms with van der Waals surface area (Å²) in [4.78, 5) is 24.6. The Morgan fingerprint density at radius 2 is 1.71 bits per heavy atom. The molecule has 0 radical (unpaired) electrons. The third-order valence-corrected chi connectivity index (χ3v) is 3.14. The van der Waals surface area contributed by atoms with E-state index in [1.165, 1.54) is 4.90 Å². The lowest BCUT2D eigenvalue weighted by Gasteiger charge is -2.36. The first-order valence-electron chi connectivity index (χ1n) is 5.41. The van der Waals surface area contributed by atoms with E-state index < -0.39 is 0 Å². The van der Waals surface area contributed by atoms with Gasteiger partial charge in [0.25, 0.3) is 0 Å². The fourth-order valence-electron chi connectivity index (χ4n) is 2.16. The Balaban J connectivity index is 2.87. The number of carbonyl (C=O) groups excluding carboxylic acids is 2. The minimum Gasteiger partial charge on any atom is -0.277 e. The average molecular weight is 197 g/mol. The highest BCUT2D eigenvalue weighted by Gasteiger charge is 2.41. The minimum atomic E-state index is -0.251. The Labute approximate surface area is 85.5 Å². The Morgan fingerprint density at radius 3 is 2.07 bits per heavy atom. The van der Waals surface area contributed by atoms with Crippen LogP contribution in [0, 0.1) is 0 Å². The predicted molar refractivity (Wildman–Crippen MR) is 54.7 cm³/mol. The third-order valence-electron chi connectivity index (χ3n) is 3.14. The maximum absolute atomic E-state index is 11.6. The number of likely N-dealkylation sites (tertiary alicyclic amines) is 1. The molecule has 3 nitrogen and oxygen atoms in total. The quantitative estimate of drug-likeness (QED) is 0.647. The van der Waals surface area contributed by atoms with E-state index >= 15 is 0 Å². The second kappa shape index (κ2) is 4.11. The van der Waals surface area contributed by atoms with Crippen molar-refractivity contribution in [3.05, 3.63) is 0 Å². The molecule has 1 fully saturated rings. The van der Waals surface area contributed by atoms with Gasteiger partial charge >= 0.3 is 0 Å². The monoisotopic (exact) mass is 197 g/mol. The molecular weight excluding hydrogens is 178 g/mol. The summed E-state index contributed by atoms with van der Waals surface area (Å²) in [5.74, 6) is 0.0144. The van der Waals surface area contributed by atoms with Gasteiger partial charge in [-0.1, -0.05) is 20.3 Å². The molecule has 0 aliphatic carbocycles. The normalized spacial score (nSPS) is 21.5. The number of hydrogen-bond donors (Lipinski definition) is 0. The maximum atomic E-state index is 11.6. The van der Waals surface area contributed by atoms with Crippen LogP contribution in [0.2, 0.25) is 0 Å². The summed E-state index contributed by atoms with van der Waals surface area (Å²) in [6.07, 6.45) is 3.55. The molecule has 1 saturated heterocycles. The number of amides is 2. The number of nitrogens with zero attached hydrogens (tertiary/aromatic N) is 1. The fourth-order valence-corrected chi connectivity index (χ4v) is 2.16. The molecule has 3 heteroatoms. The first-order valence-corrected chi connectivity index (χ1v) is 5.41. The van der Waals surface area contributed by atoms with E-state index in [0.29, 0.717) is 12.8 Å². The third kappa shape index (κ3) is 1.81. The molecule has 1 atom stereocenters. The van der Waals surface area contributed by atoms with Crippen LogP contribution in [0.25, 0.3) is 0 Å². The second-order valence-electron chi connectivity index (χ2n) is 4.22. The van der Waals surface area contributed by atoms with Gasteiger partial charge in [0.2, 0.25) is 11.8 Å². The van der Waals surface area contributed by atoms with E-state index in [4.69, 9.17) is 0 Å². The fraction of sp³-hybridized carbons (Fsp3) is 0.818. The van der Waals surface area contributed by atoms with E-state index in [9.17, 15) is 9.59 Å². The molecule has 0 aromatic rings. The largest absolute Gasteiger partial charge is 0.277 e. The highest BCUT2D eigenvalue weighted by Crippen LogP contribution is 2.30. The second-order valence-corrected chi connectivity index (χ2v) is 4.22. The van der Waals surface area contributed by atoms with Crippen molar-refractivity contribution in [2.75, 3.05) is 0 Å². The van der Waals surface area contributed by atoms with Crippen molar-refractivity contribution in [2.24, 2.45) is 0 Å². The van der Waals surface area contributed by atoms with Crippen LogP contribution in [0.3, 0.4) is 0 Å². The zero-order valence-electron chi connectivity index (χ0n) is 9.30. The molecule has 0 saturated carbocycles. The SMILES string of the molecule is CCCC(C)(CC)N1C(=O)CCC1=O. The first-order chi connectivity index (χ1) is 6.55. The van der Waals surface area contributed by atoms with Crippen LogP contribution in [0.1, 0.15) is 52.9 Å². The summed E-state index contributed by atoms with van der Waals surface area (Å²) in [6, 6.07) is 0. The highest BCUT2D eigenvalue weighted by molar-refractivity contribution is 6.02. The number of carbonyl (C=O) groups is 2. The highest BCUT2D eigenvalue weighted by atomic mass is 16.2. The molecule has 0 spiro atoms. The van der Waals surface area contributed by atoms with Crippen LogP contribution in [0.4, 0.5) is 0 Å². The Bertz CT molecular complexity index is 234. The zero-order chi connectivity index (χ0) is 10.8. The predicted octanol–water partition coefficient (Wildman–Crippen LogP) is 2.10. The Hall–Kier alpha value is -0.860. The summed E-state index contributed by atoms with van der Waals surface area (Å²) in [5.41, 5.74) is -0.251. The molecule has 1 unspecified atom stereocenters. The molecule has 0 aromatic carbocycles. The Morgan fingerprint density at radius 1 is 1.21 bits per heavy atom. The standard InChI is InChI=1S/C11H19NO2/c1-4-8-11(3,5-2)12-9(13)6-7-10(12)14/h4-8H2,1-3H3. The summed E-state index contributed by atoms with van der Waals surface area (Å²) in [6.45, 7) is 6.13. The Kier molecular flexibility index (Phi) is 3.29. The van der Waals surface area contributed by atoms with Gasteiger partial charge in [0.1, 0.15) is 0 Å². The van der Waals surface area contributed by atoms with Crippen LogP contribution < -0.4 is 0 Å². The van der Waals surface area contributed by atoms with Gasteiger partial charge in [-0.05, 0) is 19.8 Å². The smallest absolute Gasteiger partial charge is 0.230 e. The molecule has 14 heavy (non-hydrogen) atoms. The van der Waals surface area contributed by atoms with Gasteiger partial charge in [-0.3, -0.25) is 14.5 Å². The van der Waals surface area contributed by atoms with Crippen LogP contribution in [0.5, 0.6) is 0 Å². The van der Waals surface area contributed by atoms with Crippen LogP contribution >= 0.6 is 0 Å². The summed E-state index contributed by atoms with van der Waals surface area (Å²) < 4.78 is 0. The molecule has 0 N–H and O–H groups in total. The average Bonchev–Trinajstić information content (AvgIpc) is 2.47. The first kappa shape index (κ1) is 11.2. The topological polar surface area (TPSA) is 37.4 Å². The van der Waals surface area contributed by atoms with E-state index in [2.05, 4.69) is 6.92 Å². The number of imide groups is 1. The number of rotatable bonds is 4. The van der Waals surface area contributed by atoms with Crippen LogP contribution in [-0.2, 0) is 9.59 Å². The lowest BCUT2D eigenvalue weighted by atomic mass is 9.91. The lowest BCUT2D eigenvalue weighted by Crippen LogP contribution is -2.48.